The molecular weight excluding hydrogens is 294 g/mol. The van der Waals surface area contributed by atoms with Crippen molar-refractivity contribution >= 4 is 5.97 Å². The van der Waals surface area contributed by atoms with Gasteiger partial charge in [-0.1, -0.05) is 0 Å². The predicted molar refractivity (Wildman–Crippen MR) is 84.6 cm³/mol. The van der Waals surface area contributed by atoms with Crippen LogP contribution in [0.25, 0.3) is 5.69 Å². The summed E-state index contributed by atoms with van der Waals surface area (Å²) in [5.74, 6) is -0.278. The first-order valence-corrected chi connectivity index (χ1v) is 7.87. The summed E-state index contributed by atoms with van der Waals surface area (Å²) in [6.07, 6.45) is 7.00. The predicted octanol–water partition coefficient (Wildman–Crippen LogP) is 2.69. The summed E-state index contributed by atoms with van der Waals surface area (Å²) in [5.41, 5.74) is 2.41. The number of nitrogens with zero attached hydrogens (tertiary/aromatic N) is 3. The lowest BCUT2D eigenvalue weighted by atomic mass is 9.95. The second-order valence-electron chi connectivity index (χ2n) is 5.89. The fraction of sp³-hybridized carbons (Fsp3) is 0.471. The molecule has 1 saturated carbocycles. The van der Waals surface area contributed by atoms with E-state index in [1.807, 2.05) is 19.1 Å². The number of ether oxygens (including phenoxy) is 2. The van der Waals surface area contributed by atoms with Crippen molar-refractivity contribution in [1.82, 2.24) is 14.8 Å². The quantitative estimate of drug-likeness (QED) is 0.812. The zero-order valence-electron chi connectivity index (χ0n) is 13.4. The highest BCUT2D eigenvalue weighted by Gasteiger charge is 2.25. The van der Waals surface area contributed by atoms with E-state index in [4.69, 9.17) is 9.47 Å². The van der Waals surface area contributed by atoms with E-state index in [1.165, 1.54) is 6.33 Å². The molecule has 0 amide bonds. The highest BCUT2D eigenvalue weighted by Crippen LogP contribution is 2.24. The van der Waals surface area contributed by atoms with Crippen LogP contribution in [0.15, 0.2) is 30.9 Å². The molecule has 1 aliphatic rings. The van der Waals surface area contributed by atoms with Gasteiger partial charge in [0.2, 0.25) is 0 Å². The van der Waals surface area contributed by atoms with Gasteiger partial charge < -0.3 is 9.47 Å². The highest BCUT2D eigenvalue weighted by molar-refractivity contribution is 5.90. The van der Waals surface area contributed by atoms with Crippen LogP contribution in [-0.2, 0) is 9.47 Å². The Kier molecular flexibility index (Phi) is 4.71. The second-order valence-corrected chi connectivity index (χ2v) is 5.89. The molecule has 2 unspecified atom stereocenters. The fourth-order valence-corrected chi connectivity index (χ4v) is 3.01. The topological polar surface area (TPSA) is 66.2 Å². The molecule has 1 fully saturated rings. The van der Waals surface area contributed by atoms with Crippen LogP contribution in [0.3, 0.4) is 0 Å². The summed E-state index contributed by atoms with van der Waals surface area (Å²) >= 11 is 0. The van der Waals surface area contributed by atoms with Gasteiger partial charge in [0.15, 0.2) is 0 Å². The molecule has 0 bridgehead atoms. The molecule has 0 saturated heterocycles. The summed E-state index contributed by atoms with van der Waals surface area (Å²) in [5, 5.41) is 4.11. The second kappa shape index (κ2) is 6.91. The SMILES string of the molecule is COC1CCCC(OC(=O)c2ccc(-n3cncn3)c(C)c2)C1. The van der Waals surface area contributed by atoms with E-state index < -0.39 is 0 Å². The smallest absolute Gasteiger partial charge is 0.338 e. The third kappa shape index (κ3) is 3.59. The van der Waals surface area contributed by atoms with Gasteiger partial charge in [0.05, 0.1) is 17.4 Å². The molecular formula is C17H21N3O3. The van der Waals surface area contributed by atoms with Gasteiger partial charge in [-0.2, -0.15) is 5.10 Å². The number of aryl methyl sites for hydroxylation is 1. The van der Waals surface area contributed by atoms with Crippen molar-refractivity contribution in [2.45, 2.75) is 44.8 Å². The molecule has 1 aromatic heterocycles. The van der Waals surface area contributed by atoms with Crippen LogP contribution in [-0.4, -0.2) is 40.1 Å². The van der Waals surface area contributed by atoms with Crippen LogP contribution in [0.4, 0.5) is 0 Å². The van der Waals surface area contributed by atoms with Crippen LogP contribution < -0.4 is 0 Å². The van der Waals surface area contributed by atoms with Crippen LogP contribution in [0.1, 0.15) is 41.6 Å². The maximum Gasteiger partial charge on any atom is 0.338 e. The number of aromatic nitrogens is 3. The molecule has 0 radical (unpaired) electrons. The van der Waals surface area contributed by atoms with Gasteiger partial charge in [-0.05, 0) is 49.9 Å². The summed E-state index contributed by atoms with van der Waals surface area (Å²) in [6.45, 7) is 1.94. The van der Waals surface area contributed by atoms with E-state index in [9.17, 15) is 4.79 Å². The van der Waals surface area contributed by atoms with Gasteiger partial charge >= 0.3 is 5.97 Å². The van der Waals surface area contributed by atoms with E-state index in [1.54, 1.807) is 24.2 Å². The summed E-state index contributed by atoms with van der Waals surface area (Å²) in [7, 11) is 1.71. The summed E-state index contributed by atoms with van der Waals surface area (Å²) in [6, 6.07) is 5.46. The van der Waals surface area contributed by atoms with Crippen LogP contribution >= 0.6 is 0 Å². The Balaban J connectivity index is 1.69. The Morgan fingerprint density at radius 1 is 1.30 bits per heavy atom. The highest BCUT2D eigenvalue weighted by atomic mass is 16.5. The summed E-state index contributed by atoms with van der Waals surface area (Å²) < 4.78 is 12.7. The molecule has 6 heteroatoms. The molecule has 1 aromatic carbocycles. The van der Waals surface area contributed by atoms with Gasteiger partial charge in [-0.25, -0.2) is 14.5 Å². The number of methoxy groups -OCH3 is 1. The molecule has 0 N–H and O–H groups in total. The lowest BCUT2D eigenvalue weighted by molar-refractivity contribution is -0.0149. The minimum Gasteiger partial charge on any atom is -0.459 e. The molecule has 1 aliphatic carbocycles. The zero-order valence-corrected chi connectivity index (χ0v) is 13.4. The Morgan fingerprint density at radius 3 is 2.83 bits per heavy atom. The number of carbonyl (C=O) groups is 1. The molecule has 2 aromatic rings. The largest absolute Gasteiger partial charge is 0.459 e. The Bertz CT molecular complexity index is 670. The average molecular weight is 315 g/mol. The van der Waals surface area contributed by atoms with Gasteiger partial charge in [0, 0.05) is 13.5 Å². The standard InChI is InChI=1S/C17H21N3O3/c1-12-8-13(6-7-16(12)20-11-18-10-19-20)17(21)23-15-5-3-4-14(9-15)22-2/h6-8,10-11,14-15H,3-5,9H2,1-2H3. The third-order valence-electron chi connectivity index (χ3n) is 4.28. The average Bonchev–Trinajstić information content (AvgIpc) is 3.09. The van der Waals surface area contributed by atoms with E-state index in [-0.39, 0.29) is 18.2 Å². The summed E-state index contributed by atoms with van der Waals surface area (Å²) in [4.78, 5) is 16.3. The number of hydrogen-bond donors (Lipinski definition) is 0. The van der Waals surface area contributed by atoms with Crippen molar-refractivity contribution in [3.05, 3.63) is 42.0 Å². The minimum atomic E-state index is -0.278. The van der Waals surface area contributed by atoms with Gasteiger partial charge in [-0.3, -0.25) is 0 Å². The zero-order chi connectivity index (χ0) is 16.2. The monoisotopic (exact) mass is 315 g/mol. The molecule has 3 rings (SSSR count). The molecule has 6 nitrogen and oxygen atoms in total. The van der Waals surface area contributed by atoms with Crippen LogP contribution in [0.2, 0.25) is 0 Å². The molecule has 0 aliphatic heterocycles. The third-order valence-corrected chi connectivity index (χ3v) is 4.28. The van der Waals surface area contributed by atoms with E-state index in [0.29, 0.717) is 5.56 Å². The van der Waals surface area contributed by atoms with E-state index >= 15 is 0 Å². The van der Waals surface area contributed by atoms with Crippen molar-refractivity contribution in [1.29, 1.82) is 0 Å². The molecule has 122 valence electrons. The van der Waals surface area contributed by atoms with Crippen molar-refractivity contribution in [2.75, 3.05) is 7.11 Å². The first-order chi connectivity index (χ1) is 11.2. The number of carbonyl (C=O) groups excluding carboxylic acids is 1. The van der Waals surface area contributed by atoms with E-state index in [0.717, 1.165) is 36.9 Å². The Hall–Kier alpha value is -2.21. The molecule has 0 spiro atoms. The van der Waals surface area contributed by atoms with Crippen molar-refractivity contribution < 1.29 is 14.3 Å². The van der Waals surface area contributed by atoms with Crippen molar-refractivity contribution in [3.63, 3.8) is 0 Å². The normalized spacial score (nSPS) is 21.1. The Morgan fingerprint density at radius 2 is 2.13 bits per heavy atom. The number of benzene rings is 1. The fourth-order valence-electron chi connectivity index (χ4n) is 3.01. The molecule has 23 heavy (non-hydrogen) atoms. The lowest BCUT2D eigenvalue weighted by Crippen LogP contribution is -2.29. The van der Waals surface area contributed by atoms with Crippen LogP contribution in [0, 0.1) is 6.92 Å². The van der Waals surface area contributed by atoms with Crippen molar-refractivity contribution in [2.24, 2.45) is 0 Å². The first-order valence-electron chi connectivity index (χ1n) is 7.87. The van der Waals surface area contributed by atoms with Gasteiger partial charge in [-0.15, -0.1) is 0 Å². The lowest BCUT2D eigenvalue weighted by Gasteiger charge is -2.27. The maximum absolute atomic E-state index is 12.4. The molecule has 2 atom stereocenters. The van der Waals surface area contributed by atoms with Crippen molar-refractivity contribution in [3.8, 4) is 5.69 Å². The van der Waals surface area contributed by atoms with Gasteiger partial charge in [0.1, 0.15) is 18.8 Å². The first kappa shape index (κ1) is 15.7. The Labute approximate surface area is 135 Å². The van der Waals surface area contributed by atoms with Crippen LogP contribution in [0.5, 0.6) is 0 Å². The van der Waals surface area contributed by atoms with E-state index in [2.05, 4.69) is 10.1 Å². The van der Waals surface area contributed by atoms with Gasteiger partial charge in [0.25, 0.3) is 0 Å². The minimum absolute atomic E-state index is 0.0588. The molecule has 1 heterocycles. The number of esters is 1. The maximum atomic E-state index is 12.4. The number of rotatable bonds is 4. The number of hydrogen-bond acceptors (Lipinski definition) is 5.